The molecule has 1 aliphatic heterocycles. The SMILES string of the molecule is CCNC(c1ccc(Cl)cc1)C1CCCO1. The monoisotopic (exact) mass is 239 g/mol. The third-order valence-electron chi connectivity index (χ3n) is 2.99. The summed E-state index contributed by atoms with van der Waals surface area (Å²) in [4.78, 5) is 0. The Morgan fingerprint density at radius 1 is 1.44 bits per heavy atom. The van der Waals surface area contributed by atoms with Crippen molar-refractivity contribution < 1.29 is 4.74 Å². The largest absolute Gasteiger partial charge is 0.376 e. The molecule has 0 aromatic heterocycles. The second kappa shape index (κ2) is 5.67. The Bertz CT molecular complexity index is 319. The number of hydrogen-bond donors (Lipinski definition) is 1. The molecule has 2 atom stereocenters. The van der Waals surface area contributed by atoms with Crippen LogP contribution in [0.3, 0.4) is 0 Å². The van der Waals surface area contributed by atoms with Gasteiger partial charge in [-0.05, 0) is 37.1 Å². The first kappa shape index (κ1) is 11.9. The first-order valence-corrected chi connectivity index (χ1v) is 6.29. The van der Waals surface area contributed by atoms with Crippen LogP contribution in [-0.4, -0.2) is 19.3 Å². The first-order valence-electron chi connectivity index (χ1n) is 5.91. The lowest BCUT2D eigenvalue weighted by Gasteiger charge is -2.24. The standard InChI is InChI=1S/C13H18ClNO/c1-2-15-13(12-4-3-9-16-12)10-5-7-11(14)8-6-10/h5-8,12-13,15H,2-4,9H2,1H3. The van der Waals surface area contributed by atoms with Crippen LogP contribution in [0.25, 0.3) is 0 Å². The fourth-order valence-electron chi connectivity index (χ4n) is 2.22. The van der Waals surface area contributed by atoms with E-state index in [4.69, 9.17) is 16.3 Å². The van der Waals surface area contributed by atoms with Gasteiger partial charge in [-0.2, -0.15) is 0 Å². The Morgan fingerprint density at radius 3 is 2.75 bits per heavy atom. The van der Waals surface area contributed by atoms with Gasteiger partial charge >= 0.3 is 0 Å². The smallest absolute Gasteiger partial charge is 0.0770 e. The molecule has 0 saturated carbocycles. The lowest BCUT2D eigenvalue weighted by atomic mass is 9.99. The number of nitrogens with one attached hydrogen (secondary N) is 1. The van der Waals surface area contributed by atoms with Crippen LogP contribution in [0.1, 0.15) is 31.4 Å². The minimum absolute atomic E-state index is 0.296. The Morgan fingerprint density at radius 2 is 2.19 bits per heavy atom. The summed E-state index contributed by atoms with van der Waals surface area (Å²) >= 11 is 5.90. The van der Waals surface area contributed by atoms with Crippen molar-refractivity contribution in [3.05, 3.63) is 34.9 Å². The van der Waals surface area contributed by atoms with Gasteiger partial charge in [0.25, 0.3) is 0 Å². The van der Waals surface area contributed by atoms with Crippen LogP contribution in [-0.2, 0) is 4.74 Å². The summed E-state index contributed by atoms with van der Waals surface area (Å²) in [5, 5.41) is 4.28. The quantitative estimate of drug-likeness (QED) is 0.872. The third-order valence-corrected chi connectivity index (χ3v) is 3.24. The Kier molecular flexibility index (Phi) is 4.22. The lowest BCUT2D eigenvalue weighted by molar-refractivity contribution is 0.0788. The topological polar surface area (TPSA) is 21.3 Å². The molecule has 88 valence electrons. The van der Waals surface area contributed by atoms with Crippen molar-refractivity contribution >= 4 is 11.6 Å². The average Bonchev–Trinajstić information content (AvgIpc) is 2.81. The maximum absolute atomic E-state index is 5.90. The molecule has 0 radical (unpaired) electrons. The molecule has 1 aromatic rings. The van der Waals surface area contributed by atoms with E-state index >= 15 is 0 Å². The van der Waals surface area contributed by atoms with Gasteiger partial charge in [-0.1, -0.05) is 30.7 Å². The molecule has 1 saturated heterocycles. The van der Waals surface area contributed by atoms with Crippen LogP contribution < -0.4 is 5.32 Å². The first-order chi connectivity index (χ1) is 7.81. The van der Waals surface area contributed by atoms with Crippen LogP contribution in [0, 0.1) is 0 Å². The lowest BCUT2D eigenvalue weighted by Crippen LogP contribution is -2.31. The van der Waals surface area contributed by atoms with Gasteiger partial charge in [0.2, 0.25) is 0 Å². The van der Waals surface area contributed by atoms with Gasteiger partial charge in [-0.3, -0.25) is 0 Å². The minimum Gasteiger partial charge on any atom is -0.376 e. The second-order valence-electron chi connectivity index (χ2n) is 4.14. The van der Waals surface area contributed by atoms with Crippen molar-refractivity contribution in [1.29, 1.82) is 0 Å². The van der Waals surface area contributed by atoms with Crippen LogP contribution in [0.15, 0.2) is 24.3 Å². The summed E-state index contributed by atoms with van der Waals surface area (Å²) in [6, 6.07) is 8.34. The molecule has 2 nitrogen and oxygen atoms in total. The van der Waals surface area contributed by atoms with E-state index in [-0.39, 0.29) is 0 Å². The molecule has 2 rings (SSSR count). The van der Waals surface area contributed by atoms with E-state index in [0.29, 0.717) is 12.1 Å². The number of benzene rings is 1. The fraction of sp³-hybridized carbons (Fsp3) is 0.538. The molecular weight excluding hydrogens is 222 g/mol. The van der Waals surface area contributed by atoms with E-state index in [1.165, 1.54) is 12.0 Å². The number of halogens is 1. The van der Waals surface area contributed by atoms with Crippen molar-refractivity contribution in [2.24, 2.45) is 0 Å². The second-order valence-corrected chi connectivity index (χ2v) is 4.57. The molecule has 0 aliphatic carbocycles. The van der Waals surface area contributed by atoms with Crippen LogP contribution in [0.2, 0.25) is 5.02 Å². The zero-order valence-corrected chi connectivity index (χ0v) is 10.3. The minimum atomic E-state index is 0.296. The Hall–Kier alpha value is -0.570. The predicted octanol–water partition coefficient (Wildman–Crippen LogP) is 3.17. The molecule has 0 spiro atoms. The van der Waals surface area contributed by atoms with E-state index in [1.54, 1.807) is 0 Å². The zero-order valence-electron chi connectivity index (χ0n) is 9.58. The molecule has 1 N–H and O–H groups in total. The van der Waals surface area contributed by atoms with Crippen molar-refractivity contribution in [3.8, 4) is 0 Å². The maximum atomic E-state index is 5.90. The number of rotatable bonds is 4. The van der Waals surface area contributed by atoms with Gasteiger partial charge in [-0.25, -0.2) is 0 Å². The van der Waals surface area contributed by atoms with E-state index in [2.05, 4.69) is 24.4 Å². The molecule has 1 fully saturated rings. The van der Waals surface area contributed by atoms with Crippen molar-refractivity contribution in [2.45, 2.75) is 31.9 Å². The Labute approximate surface area is 102 Å². The van der Waals surface area contributed by atoms with Gasteiger partial charge < -0.3 is 10.1 Å². The van der Waals surface area contributed by atoms with Gasteiger partial charge in [0.1, 0.15) is 0 Å². The number of likely N-dealkylation sites (N-methyl/N-ethyl adjacent to an activating group) is 1. The molecular formula is C13H18ClNO. The fourth-order valence-corrected chi connectivity index (χ4v) is 2.35. The normalized spacial score (nSPS) is 22.2. The summed E-state index contributed by atoms with van der Waals surface area (Å²) in [7, 11) is 0. The highest BCUT2D eigenvalue weighted by molar-refractivity contribution is 6.30. The van der Waals surface area contributed by atoms with Crippen LogP contribution >= 0.6 is 11.6 Å². The van der Waals surface area contributed by atoms with Crippen molar-refractivity contribution in [1.82, 2.24) is 5.32 Å². The number of hydrogen-bond acceptors (Lipinski definition) is 2. The van der Waals surface area contributed by atoms with Crippen molar-refractivity contribution in [3.63, 3.8) is 0 Å². The van der Waals surface area contributed by atoms with Gasteiger partial charge in [0, 0.05) is 11.6 Å². The highest BCUT2D eigenvalue weighted by Gasteiger charge is 2.26. The number of ether oxygens (including phenoxy) is 1. The van der Waals surface area contributed by atoms with Gasteiger partial charge in [-0.15, -0.1) is 0 Å². The molecule has 2 unspecified atom stereocenters. The molecule has 1 heterocycles. The molecule has 0 amide bonds. The summed E-state index contributed by atoms with van der Waals surface area (Å²) in [6.07, 6.45) is 2.61. The zero-order chi connectivity index (χ0) is 11.4. The van der Waals surface area contributed by atoms with E-state index in [1.807, 2.05) is 12.1 Å². The Balaban J connectivity index is 2.14. The molecule has 16 heavy (non-hydrogen) atoms. The van der Waals surface area contributed by atoms with Crippen molar-refractivity contribution in [2.75, 3.05) is 13.2 Å². The molecule has 0 bridgehead atoms. The van der Waals surface area contributed by atoms with E-state index in [9.17, 15) is 0 Å². The summed E-state index contributed by atoms with van der Waals surface area (Å²) in [6.45, 7) is 3.96. The van der Waals surface area contributed by atoms with Gasteiger partial charge in [0.05, 0.1) is 12.1 Å². The summed E-state index contributed by atoms with van der Waals surface area (Å²) < 4.78 is 5.76. The average molecular weight is 240 g/mol. The maximum Gasteiger partial charge on any atom is 0.0770 e. The van der Waals surface area contributed by atoms with Gasteiger partial charge in [0.15, 0.2) is 0 Å². The molecule has 1 aromatic carbocycles. The molecule has 1 aliphatic rings. The van der Waals surface area contributed by atoms with E-state index < -0.39 is 0 Å². The molecule has 3 heteroatoms. The summed E-state index contributed by atoms with van der Waals surface area (Å²) in [5.41, 5.74) is 1.26. The van der Waals surface area contributed by atoms with E-state index in [0.717, 1.165) is 24.6 Å². The van der Waals surface area contributed by atoms with Crippen LogP contribution in [0.4, 0.5) is 0 Å². The highest BCUT2D eigenvalue weighted by Crippen LogP contribution is 2.27. The highest BCUT2D eigenvalue weighted by atomic mass is 35.5. The predicted molar refractivity (Wildman–Crippen MR) is 66.8 cm³/mol. The van der Waals surface area contributed by atoms with Crippen LogP contribution in [0.5, 0.6) is 0 Å². The third kappa shape index (κ3) is 2.76. The summed E-state index contributed by atoms with van der Waals surface area (Å²) in [5.74, 6) is 0.